The van der Waals surface area contributed by atoms with Gasteiger partial charge in [-0.1, -0.05) is 53.7 Å². The Balaban J connectivity index is 1.52. The molecule has 5 aromatic rings. The fraction of sp³-hybridized carbons (Fsp3) is 0.143. The first-order valence-corrected chi connectivity index (χ1v) is 10.5. The van der Waals surface area contributed by atoms with Crippen LogP contribution in [-0.4, -0.2) is 29.3 Å². The van der Waals surface area contributed by atoms with Crippen LogP contribution in [0.1, 0.15) is 11.4 Å². The van der Waals surface area contributed by atoms with Crippen LogP contribution in [0.3, 0.4) is 0 Å². The van der Waals surface area contributed by atoms with E-state index in [1.165, 1.54) is 5.56 Å². The van der Waals surface area contributed by atoms with Gasteiger partial charge < -0.3 is 4.57 Å². The first-order chi connectivity index (χ1) is 14.2. The topological polar surface area (TPSA) is 61.4 Å². The zero-order valence-corrected chi connectivity index (χ0v) is 17.2. The Bertz CT molecular complexity index is 1310. The van der Waals surface area contributed by atoms with Crippen molar-refractivity contribution < 1.29 is 0 Å². The lowest BCUT2D eigenvalue weighted by molar-refractivity contribution is 0.780. The molecule has 0 spiro atoms. The van der Waals surface area contributed by atoms with Crippen molar-refractivity contribution in [1.29, 1.82) is 0 Å². The number of nitrogens with zero attached hydrogens (tertiary/aromatic N) is 6. The number of rotatable bonds is 5. The Hall–Kier alpha value is -2.90. The third kappa shape index (κ3) is 3.47. The van der Waals surface area contributed by atoms with Crippen molar-refractivity contribution in [3.63, 3.8) is 0 Å². The third-order valence-electron chi connectivity index (χ3n) is 4.80. The molecule has 0 aliphatic carbocycles. The summed E-state index contributed by atoms with van der Waals surface area (Å²) in [6.07, 6.45) is 3.39. The minimum atomic E-state index is 0.681. The quantitative estimate of drug-likeness (QED) is 0.304. The van der Waals surface area contributed by atoms with E-state index in [2.05, 4.69) is 43.9 Å². The fourth-order valence-corrected chi connectivity index (χ4v) is 4.47. The molecule has 0 N–H and O–H groups in total. The molecule has 0 amide bonds. The largest absolute Gasteiger partial charge is 0.323 e. The molecule has 144 valence electrons. The van der Waals surface area contributed by atoms with E-state index >= 15 is 0 Å². The van der Waals surface area contributed by atoms with Crippen molar-refractivity contribution in [1.82, 2.24) is 29.3 Å². The predicted molar refractivity (Wildman–Crippen MR) is 116 cm³/mol. The molecule has 8 heteroatoms. The highest BCUT2D eigenvalue weighted by atomic mass is 35.5. The van der Waals surface area contributed by atoms with Crippen LogP contribution < -0.4 is 0 Å². The Morgan fingerprint density at radius 3 is 2.79 bits per heavy atom. The van der Waals surface area contributed by atoms with Gasteiger partial charge in [0.1, 0.15) is 17.2 Å². The Morgan fingerprint density at radius 2 is 1.93 bits per heavy atom. The van der Waals surface area contributed by atoms with E-state index < -0.39 is 0 Å². The molecule has 0 fully saturated rings. The minimum absolute atomic E-state index is 0.681. The number of hydrogen-bond donors (Lipinski definition) is 0. The lowest BCUT2D eigenvalue weighted by Gasteiger charge is -2.09. The molecule has 5 rings (SSSR count). The van der Waals surface area contributed by atoms with Gasteiger partial charge in [-0.3, -0.25) is 4.68 Å². The Morgan fingerprint density at radius 1 is 1.07 bits per heavy atom. The van der Waals surface area contributed by atoms with Crippen LogP contribution >= 0.6 is 23.4 Å². The summed E-state index contributed by atoms with van der Waals surface area (Å²) in [5.74, 6) is 1.66. The summed E-state index contributed by atoms with van der Waals surface area (Å²) in [6, 6.07) is 16.3. The van der Waals surface area contributed by atoms with E-state index in [4.69, 9.17) is 16.6 Å². The average Bonchev–Trinajstić information content (AvgIpc) is 3.28. The van der Waals surface area contributed by atoms with Gasteiger partial charge in [-0.25, -0.2) is 15.0 Å². The van der Waals surface area contributed by atoms with E-state index in [1.807, 2.05) is 37.5 Å². The number of aryl methyl sites for hydroxylation is 1. The normalized spacial score (nSPS) is 11.5. The molecule has 6 nitrogen and oxygen atoms in total. The maximum absolute atomic E-state index is 6.20. The van der Waals surface area contributed by atoms with Gasteiger partial charge in [-0.2, -0.15) is 5.10 Å². The standard InChI is InChI=1S/C21H17ClN6S/c1-27-20-16(10-25-27)21(24-13-23-20)29-12-19-26-17-9-15(22)7-8-18(17)28(19)11-14-5-3-2-4-6-14/h2-10,13H,11-12H2,1H3. The van der Waals surface area contributed by atoms with Gasteiger partial charge in [-0.05, 0) is 23.8 Å². The first-order valence-electron chi connectivity index (χ1n) is 9.13. The Kier molecular flexibility index (Phi) is 4.69. The predicted octanol–water partition coefficient (Wildman–Crippen LogP) is 4.71. The highest BCUT2D eigenvalue weighted by molar-refractivity contribution is 7.98. The molecular formula is C21H17ClN6S. The molecule has 2 aromatic carbocycles. The number of hydrogen-bond acceptors (Lipinski definition) is 5. The molecule has 0 atom stereocenters. The van der Waals surface area contributed by atoms with Gasteiger partial charge in [0.05, 0.1) is 28.4 Å². The first kappa shape index (κ1) is 18.1. The van der Waals surface area contributed by atoms with Crippen molar-refractivity contribution in [3.8, 4) is 0 Å². The van der Waals surface area contributed by atoms with E-state index in [0.717, 1.165) is 39.5 Å². The van der Waals surface area contributed by atoms with Crippen LogP contribution in [0.2, 0.25) is 5.02 Å². The molecule has 0 aliphatic heterocycles. The number of fused-ring (bicyclic) bond motifs is 2. The second-order valence-corrected chi connectivity index (χ2v) is 8.11. The summed E-state index contributed by atoms with van der Waals surface area (Å²) in [5, 5.41) is 6.84. The summed E-state index contributed by atoms with van der Waals surface area (Å²) in [4.78, 5) is 13.6. The van der Waals surface area contributed by atoms with Crippen LogP contribution in [0.15, 0.2) is 66.1 Å². The summed E-state index contributed by atoms with van der Waals surface area (Å²) < 4.78 is 4.00. The lowest BCUT2D eigenvalue weighted by atomic mass is 10.2. The van der Waals surface area contributed by atoms with Crippen molar-refractivity contribution in [2.24, 2.45) is 7.05 Å². The second kappa shape index (κ2) is 7.50. The summed E-state index contributed by atoms with van der Waals surface area (Å²) >= 11 is 7.84. The summed E-state index contributed by atoms with van der Waals surface area (Å²) in [5.41, 5.74) is 4.03. The molecule has 0 saturated heterocycles. The molecule has 0 aliphatic rings. The van der Waals surface area contributed by atoms with Gasteiger partial charge in [0.2, 0.25) is 0 Å². The zero-order chi connectivity index (χ0) is 19.8. The summed E-state index contributed by atoms with van der Waals surface area (Å²) in [7, 11) is 1.88. The highest BCUT2D eigenvalue weighted by Gasteiger charge is 2.14. The SMILES string of the molecule is Cn1ncc2c(SCc3nc4cc(Cl)ccc4n3Cc3ccccc3)ncnc21. The van der Waals surface area contributed by atoms with E-state index in [-0.39, 0.29) is 0 Å². The molecule has 0 unspecified atom stereocenters. The van der Waals surface area contributed by atoms with Crippen molar-refractivity contribution in [3.05, 3.63) is 77.5 Å². The van der Waals surface area contributed by atoms with Gasteiger partial charge in [0.15, 0.2) is 5.65 Å². The zero-order valence-electron chi connectivity index (χ0n) is 15.7. The third-order valence-corrected chi connectivity index (χ3v) is 6.04. The monoisotopic (exact) mass is 420 g/mol. The number of benzene rings is 2. The maximum atomic E-state index is 6.20. The smallest absolute Gasteiger partial charge is 0.162 e. The second-order valence-electron chi connectivity index (χ2n) is 6.71. The molecule has 0 saturated carbocycles. The lowest BCUT2D eigenvalue weighted by Crippen LogP contribution is -2.04. The molecule has 3 aromatic heterocycles. The van der Waals surface area contributed by atoms with Crippen LogP contribution in [-0.2, 0) is 19.3 Å². The average molecular weight is 421 g/mol. The number of thioether (sulfide) groups is 1. The van der Waals surface area contributed by atoms with Gasteiger partial charge >= 0.3 is 0 Å². The molecular weight excluding hydrogens is 404 g/mol. The molecule has 29 heavy (non-hydrogen) atoms. The van der Waals surface area contributed by atoms with Crippen molar-refractivity contribution >= 4 is 45.4 Å². The van der Waals surface area contributed by atoms with Crippen LogP contribution in [0.5, 0.6) is 0 Å². The summed E-state index contributed by atoms with van der Waals surface area (Å²) in [6.45, 7) is 0.751. The van der Waals surface area contributed by atoms with E-state index in [9.17, 15) is 0 Å². The molecule has 0 bridgehead atoms. The maximum Gasteiger partial charge on any atom is 0.162 e. The highest BCUT2D eigenvalue weighted by Crippen LogP contribution is 2.29. The van der Waals surface area contributed by atoms with Crippen LogP contribution in [0.4, 0.5) is 0 Å². The van der Waals surface area contributed by atoms with Crippen molar-refractivity contribution in [2.45, 2.75) is 17.3 Å². The Labute approximate surface area is 176 Å². The van der Waals surface area contributed by atoms with Gasteiger partial charge in [0, 0.05) is 18.6 Å². The number of imidazole rings is 1. The van der Waals surface area contributed by atoms with Crippen LogP contribution in [0, 0.1) is 0 Å². The van der Waals surface area contributed by atoms with Crippen LogP contribution in [0.25, 0.3) is 22.1 Å². The van der Waals surface area contributed by atoms with Gasteiger partial charge in [-0.15, -0.1) is 0 Å². The van der Waals surface area contributed by atoms with Crippen molar-refractivity contribution in [2.75, 3.05) is 0 Å². The minimum Gasteiger partial charge on any atom is -0.323 e. The fourth-order valence-electron chi connectivity index (χ4n) is 3.39. The van der Waals surface area contributed by atoms with Gasteiger partial charge in [0.25, 0.3) is 0 Å². The molecule has 3 heterocycles. The molecule has 0 radical (unpaired) electrons. The number of halogens is 1. The van der Waals surface area contributed by atoms with E-state index in [0.29, 0.717) is 10.8 Å². The van der Waals surface area contributed by atoms with E-state index in [1.54, 1.807) is 22.8 Å². The number of aromatic nitrogens is 6.